The van der Waals surface area contributed by atoms with Gasteiger partial charge < -0.3 is 18.8 Å². The molecule has 0 aliphatic carbocycles. The van der Waals surface area contributed by atoms with Gasteiger partial charge in [-0.15, -0.1) is 0 Å². The molecule has 2 aliphatic heterocycles. The van der Waals surface area contributed by atoms with Crippen molar-refractivity contribution in [3.63, 3.8) is 0 Å². The second-order valence-corrected chi connectivity index (χ2v) is 12.5. The van der Waals surface area contributed by atoms with Crippen LogP contribution in [0.1, 0.15) is 65.6 Å². The summed E-state index contributed by atoms with van der Waals surface area (Å²) >= 11 is 0. The number of piperidine rings is 1. The number of esters is 1. The minimum absolute atomic E-state index is 0.0485. The highest BCUT2D eigenvalue weighted by Crippen LogP contribution is 2.34. The molecule has 0 radical (unpaired) electrons. The van der Waals surface area contributed by atoms with Crippen molar-refractivity contribution in [3.8, 4) is 5.88 Å². The lowest BCUT2D eigenvalue weighted by Gasteiger charge is -2.36. The highest BCUT2D eigenvalue weighted by atomic mass is 19.4. The molecule has 5 aromatic rings. The van der Waals surface area contributed by atoms with E-state index in [0.717, 1.165) is 71.8 Å². The number of hydrogen-bond donors (Lipinski definition) is 0. The number of halogens is 3. The van der Waals surface area contributed by atoms with Crippen molar-refractivity contribution in [1.82, 2.24) is 29.2 Å². The zero-order valence-corrected chi connectivity index (χ0v) is 26.8. The van der Waals surface area contributed by atoms with Crippen LogP contribution in [0.2, 0.25) is 0 Å². The van der Waals surface area contributed by atoms with Crippen molar-refractivity contribution >= 4 is 27.9 Å². The van der Waals surface area contributed by atoms with Gasteiger partial charge in [0.05, 0.1) is 54.1 Å². The Labute approximate surface area is 275 Å². The number of likely N-dealkylation sites (tertiary alicyclic amines) is 1. The molecule has 2 fully saturated rings. The number of pyridine rings is 1. The van der Waals surface area contributed by atoms with Gasteiger partial charge in [0.15, 0.2) is 0 Å². The van der Waals surface area contributed by atoms with E-state index in [4.69, 9.17) is 24.2 Å². The first-order valence-electron chi connectivity index (χ1n) is 16.2. The minimum atomic E-state index is -4.36. The van der Waals surface area contributed by atoms with Crippen LogP contribution in [0.25, 0.3) is 21.9 Å². The maximum Gasteiger partial charge on any atom is 0.408 e. The molecule has 2 saturated heterocycles. The fraction of sp³-hybridized carbons (Fsp3) is 0.429. The smallest absolute Gasteiger partial charge is 0.408 e. The molecule has 3 aromatic heterocycles. The number of ether oxygens (including phenoxy) is 3. The van der Waals surface area contributed by atoms with Crippen LogP contribution in [0.15, 0.2) is 60.8 Å². The zero-order valence-electron chi connectivity index (χ0n) is 26.8. The Morgan fingerprint density at radius 2 is 1.85 bits per heavy atom. The molecule has 10 nitrogen and oxygen atoms in total. The first-order valence-corrected chi connectivity index (χ1v) is 16.2. The van der Waals surface area contributed by atoms with Crippen LogP contribution in [0.5, 0.6) is 5.88 Å². The Hall–Kier alpha value is -4.49. The van der Waals surface area contributed by atoms with Gasteiger partial charge in [0.2, 0.25) is 5.88 Å². The predicted molar refractivity (Wildman–Crippen MR) is 172 cm³/mol. The van der Waals surface area contributed by atoms with E-state index in [1.165, 1.54) is 13.3 Å². The van der Waals surface area contributed by atoms with Gasteiger partial charge in [-0.3, -0.25) is 9.58 Å². The Kier molecular flexibility index (Phi) is 8.82. The number of benzene rings is 2. The molecule has 48 heavy (non-hydrogen) atoms. The van der Waals surface area contributed by atoms with Crippen molar-refractivity contribution in [2.24, 2.45) is 0 Å². The lowest BCUT2D eigenvalue weighted by molar-refractivity contribution is -0.141. The average Bonchev–Trinajstić information content (AvgIpc) is 3.64. The van der Waals surface area contributed by atoms with E-state index >= 15 is 0 Å². The average molecular weight is 663 g/mol. The van der Waals surface area contributed by atoms with Crippen LogP contribution in [-0.2, 0) is 29.2 Å². The summed E-state index contributed by atoms with van der Waals surface area (Å²) in [6.07, 6.45) is 0.0308. The van der Waals surface area contributed by atoms with E-state index in [0.29, 0.717) is 28.9 Å². The summed E-state index contributed by atoms with van der Waals surface area (Å²) in [5.74, 6) is 1.31. The summed E-state index contributed by atoms with van der Waals surface area (Å²) in [5, 5.41) is 4.53. The van der Waals surface area contributed by atoms with Gasteiger partial charge in [0, 0.05) is 29.7 Å². The normalized spacial score (nSPS) is 18.2. The molecule has 13 heteroatoms. The topological polar surface area (TPSA) is 96.5 Å². The molecule has 5 heterocycles. The molecule has 0 amide bonds. The number of rotatable bonds is 10. The maximum absolute atomic E-state index is 13.0. The molecule has 0 spiro atoms. The number of aromatic nitrogens is 5. The third-order valence-electron chi connectivity index (χ3n) is 9.42. The second kappa shape index (κ2) is 13.2. The summed E-state index contributed by atoms with van der Waals surface area (Å²) in [6.45, 7) is 4.38. The lowest BCUT2D eigenvalue weighted by atomic mass is 9.92. The summed E-state index contributed by atoms with van der Waals surface area (Å²) in [5.41, 5.74) is 4.34. The number of imidazole rings is 1. The quantitative estimate of drug-likeness (QED) is 0.158. The maximum atomic E-state index is 13.0. The number of hydrogen-bond acceptors (Lipinski definition) is 8. The zero-order chi connectivity index (χ0) is 33.4. The summed E-state index contributed by atoms with van der Waals surface area (Å²) in [6, 6.07) is 16.6. The number of fused-ring (bicyclic) bond motifs is 2. The Morgan fingerprint density at radius 3 is 2.58 bits per heavy atom. The summed E-state index contributed by atoms with van der Waals surface area (Å²) < 4.78 is 58.8. The molecular weight excluding hydrogens is 625 g/mol. The van der Waals surface area contributed by atoms with Gasteiger partial charge in [0.1, 0.15) is 19.0 Å². The summed E-state index contributed by atoms with van der Waals surface area (Å²) in [4.78, 5) is 24.5. The molecule has 2 atom stereocenters. The minimum Gasteiger partial charge on any atom is -0.473 e. The second-order valence-electron chi connectivity index (χ2n) is 12.5. The monoisotopic (exact) mass is 662 g/mol. The molecule has 0 N–H and O–H groups in total. The van der Waals surface area contributed by atoms with Crippen LogP contribution in [0.4, 0.5) is 13.2 Å². The Morgan fingerprint density at radius 1 is 1.04 bits per heavy atom. The van der Waals surface area contributed by atoms with Crippen LogP contribution in [0, 0.1) is 0 Å². The van der Waals surface area contributed by atoms with Gasteiger partial charge in [-0.1, -0.05) is 18.2 Å². The third-order valence-corrected chi connectivity index (χ3v) is 9.42. The van der Waals surface area contributed by atoms with Crippen molar-refractivity contribution in [2.75, 3.05) is 26.8 Å². The van der Waals surface area contributed by atoms with Crippen molar-refractivity contribution in [1.29, 1.82) is 0 Å². The van der Waals surface area contributed by atoms with Gasteiger partial charge >= 0.3 is 12.1 Å². The van der Waals surface area contributed by atoms with E-state index in [9.17, 15) is 18.0 Å². The number of alkyl halides is 3. The fourth-order valence-electron chi connectivity index (χ4n) is 6.67. The van der Waals surface area contributed by atoms with Crippen molar-refractivity contribution < 1.29 is 32.2 Å². The number of methoxy groups -OCH3 is 1. The third kappa shape index (κ3) is 6.74. The van der Waals surface area contributed by atoms with Crippen LogP contribution < -0.4 is 4.74 Å². The molecule has 7 rings (SSSR count). The molecule has 2 aliphatic rings. The van der Waals surface area contributed by atoms with Gasteiger partial charge in [-0.25, -0.2) is 14.8 Å². The molecule has 2 aromatic carbocycles. The molecule has 252 valence electrons. The highest BCUT2D eigenvalue weighted by Gasteiger charge is 2.31. The Balaban J connectivity index is 1.01. The van der Waals surface area contributed by atoms with E-state index in [1.54, 1.807) is 24.3 Å². The Bertz CT molecular complexity index is 1930. The first kappa shape index (κ1) is 32.1. The van der Waals surface area contributed by atoms with E-state index < -0.39 is 12.7 Å². The molecule has 2 unspecified atom stereocenters. The van der Waals surface area contributed by atoms with Gasteiger partial charge in [-0.05, 0) is 75.2 Å². The first-order chi connectivity index (χ1) is 23.1. The predicted octanol–water partition coefficient (Wildman–Crippen LogP) is 6.44. The van der Waals surface area contributed by atoms with E-state index in [-0.39, 0.29) is 30.6 Å². The van der Waals surface area contributed by atoms with Gasteiger partial charge in [0.25, 0.3) is 0 Å². The summed E-state index contributed by atoms with van der Waals surface area (Å²) in [7, 11) is 1.38. The standard InChI is InChI=1S/C35H37F3N6O4/c1-22(33-41-29-9-8-25(34(45)46-2)17-31(29)43(33)19-27-12-15-47-27)42-13-10-24(11-14-42)28-4-3-5-32(40-28)48-20-23-6-7-26-18-39-44(30(26)16-23)21-35(36,37)38/h3-9,16-18,22,24,27H,10-15,19-21H2,1-2H3. The fourth-order valence-corrected chi connectivity index (χ4v) is 6.67. The molecular formula is C35H37F3N6O4. The molecule has 0 bridgehead atoms. The highest BCUT2D eigenvalue weighted by molar-refractivity contribution is 5.93. The number of carbonyl (C=O) groups excluding carboxylic acids is 1. The van der Waals surface area contributed by atoms with Crippen LogP contribution >= 0.6 is 0 Å². The lowest BCUT2D eigenvalue weighted by Crippen LogP contribution is -2.37. The van der Waals surface area contributed by atoms with Gasteiger partial charge in [-0.2, -0.15) is 18.3 Å². The van der Waals surface area contributed by atoms with E-state index in [2.05, 4.69) is 21.5 Å². The van der Waals surface area contributed by atoms with Crippen molar-refractivity contribution in [3.05, 3.63) is 83.4 Å². The van der Waals surface area contributed by atoms with Crippen molar-refractivity contribution in [2.45, 2.75) is 70.1 Å². The largest absolute Gasteiger partial charge is 0.473 e. The SMILES string of the molecule is COC(=O)c1ccc2nc(C(C)N3CCC(c4cccc(OCc5ccc6cnn(CC(F)(F)F)c6c5)n4)CC3)n(CC3CCO3)c2c1. The number of nitrogens with zero attached hydrogens (tertiary/aromatic N) is 6. The van der Waals surface area contributed by atoms with Crippen LogP contribution in [0.3, 0.4) is 0 Å². The van der Waals surface area contributed by atoms with E-state index in [1.807, 2.05) is 30.3 Å². The molecule has 0 saturated carbocycles. The number of carbonyl (C=O) groups is 1. The van der Waals surface area contributed by atoms with Crippen LogP contribution in [-0.4, -0.2) is 74.3 Å².